The summed E-state index contributed by atoms with van der Waals surface area (Å²) in [5.41, 5.74) is 1.91. The molecule has 3 rings (SSSR count). The van der Waals surface area contributed by atoms with Gasteiger partial charge >= 0.3 is 0 Å². The van der Waals surface area contributed by atoms with E-state index in [-0.39, 0.29) is 23.3 Å². The van der Waals surface area contributed by atoms with Crippen LogP contribution in [0.5, 0.6) is 0 Å². The van der Waals surface area contributed by atoms with E-state index < -0.39 is 4.92 Å². The average Bonchev–Trinajstić information content (AvgIpc) is 2.74. The van der Waals surface area contributed by atoms with Crippen molar-refractivity contribution in [3.8, 4) is 6.07 Å². The highest BCUT2D eigenvalue weighted by Crippen LogP contribution is 2.23. The van der Waals surface area contributed by atoms with Gasteiger partial charge in [-0.15, -0.1) is 0 Å². The maximum absolute atomic E-state index is 12.6. The number of rotatable bonds is 6. The van der Waals surface area contributed by atoms with Gasteiger partial charge in [0.25, 0.3) is 5.69 Å². The number of nitrogens with one attached hydrogen (secondary N) is 1. The van der Waals surface area contributed by atoms with Gasteiger partial charge in [0, 0.05) is 38.8 Å². The highest BCUT2D eigenvalue weighted by Gasteiger charge is 2.27. The minimum Gasteiger partial charge on any atom is -0.319 e. The number of piperazine rings is 1. The van der Waals surface area contributed by atoms with Gasteiger partial charge < -0.3 is 5.32 Å². The van der Waals surface area contributed by atoms with Gasteiger partial charge in [-0.3, -0.25) is 24.7 Å². The Kier molecular flexibility index (Phi) is 6.54. The van der Waals surface area contributed by atoms with E-state index in [1.807, 2.05) is 31.2 Å². The molecule has 0 radical (unpaired) electrons. The third-order valence-corrected chi connectivity index (χ3v) is 5.18. The first-order valence-corrected chi connectivity index (χ1v) is 9.47. The van der Waals surface area contributed by atoms with Gasteiger partial charge in [0.05, 0.1) is 22.6 Å². The lowest BCUT2D eigenvalue weighted by molar-refractivity contribution is -0.383. The summed E-state index contributed by atoms with van der Waals surface area (Å²) >= 11 is 0. The number of anilines is 1. The van der Waals surface area contributed by atoms with E-state index >= 15 is 0 Å². The summed E-state index contributed by atoms with van der Waals surface area (Å²) in [6, 6.07) is 15.5. The number of para-hydroxylation sites is 2. The number of nitrogens with zero attached hydrogens (tertiary/aromatic N) is 4. The fourth-order valence-corrected chi connectivity index (χ4v) is 3.39. The van der Waals surface area contributed by atoms with Gasteiger partial charge in [-0.25, -0.2) is 0 Å². The molecule has 8 nitrogen and oxygen atoms in total. The average molecular weight is 393 g/mol. The lowest BCUT2D eigenvalue weighted by Gasteiger charge is -2.37. The molecule has 0 aliphatic carbocycles. The standard InChI is InChI=1S/C21H23N5O3/c1-16(21(27)23-19-4-2-3-5-20(19)26(28)29)25-12-10-24(11-13-25)15-18-8-6-17(14-22)7-9-18/h2-9,16H,10-13,15H2,1H3,(H,23,27)/t16-/m1/s1. The number of nitriles is 1. The molecule has 8 heteroatoms. The maximum atomic E-state index is 12.6. The molecule has 0 saturated carbocycles. The Labute approximate surface area is 169 Å². The van der Waals surface area contributed by atoms with E-state index in [0.717, 1.165) is 38.3 Å². The van der Waals surface area contributed by atoms with Crippen LogP contribution < -0.4 is 5.32 Å². The molecule has 0 unspecified atom stereocenters. The molecule has 1 saturated heterocycles. The smallest absolute Gasteiger partial charge is 0.292 e. The van der Waals surface area contributed by atoms with Crippen LogP contribution in [0.15, 0.2) is 48.5 Å². The third kappa shape index (κ3) is 5.16. The predicted molar refractivity (Wildman–Crippen MR) is 109 cm³/mol. The van der Waals surface area contributed by atoms with E-state index in [1.165, 1.54) is 12.1 Å². The molecule has 1 heterocycles. The van der Waals surface area contributed by atoms with Crippen molar-refractivity contribution in [3.05, 3.63) is 69.8 Å². The number of carbonyl (C=O) groups excluding carboxylic acids is 1. The fraction of sp³-hybridized carbons (Fsp3) is 0.333. The van der Waals surface area contributed by atoms with Crippen LogP contribution >= 0.6 is 0 Å². The van der Waals surface area contributed by atoms with Gasteiger partial charge in [0.2, 0.25) is 5.91 Å². The SMILES string of the molecule is C[C@H](C(=O)Nc1ccccc1[N+](=O)[O-])N1CCN(Cc2ccc(C#N)cc2)CC1. The summed E-state index contributed by atoms with van der Waals surface area (Å²) in [5.74, 6) is -0.250. The van der Waals surface area contributed by atoms with Gasteiger partial charge in [-0.2, -0.15) is 5.26 Å². The van der Waals surface area contributed by atoms with E-state index in [9.17, 15) is 14.9 Å². The quantitative estimate of drug-likeness (QED) is 0.598. The van der Waals surface area contributed by atoms with Crippen LogP contribution in [-0.4, -0.2) is 52.9 Å². The highest BCUT2D eigenvalue weighted by molar-refractivity contribution is 5.96. The first-order chi connectivity index (χ1) is 14.0. The molecule has 150 valence electrons. The zero-order chi connectivity index (χ0) is 20.8. The Hall–Kier alpha value is -3.28. The van der Waals surface area contributed by atoms with Crippen molar-refractivity contribution in [2.75, 3.05) is 31.5 Å². The zero-order valence-corrected chi connectivity index (χ0v) is 16.2. The largest absolute Gasteiger partial charge is 0.319 e. The first kappa shape index (κ1) is 20.5. The highest BCUT2D eigenvalue weighted by atomic mass is 16.6. The third-order valence-electron chi connectivity index (χ3n) is 5.18. The predicted octanol–water partition coefficient (Wildman–Crippen LogP) is 2.61. The van der Waals surface area contributed by atoms with E-state index in [2.05, 4.69) is 21.2 Å². The van der Waals surface area contributed by atoms with Crippen LogP contribution in [0.3, 0.4) is 0 Å². The van der Waals surface area contributed by atoms with Crippen LogP contribution in [0.25, 0.3) is 0 Å². The van der Waals surface area contributed by atoms with Crippen LogP contribution in [0.4, 0.5) is 11.4 Å². The molecule has 1 N–H and O–H groups in total. The molecule has 0 bridgehead atoms. The van der Waals surface area contributed by atoms with E-state index in [0.29, 0.717) is 5.56 Å². The molecule has 1 aliphatic heterocycles. The number of nitro benzene ring substituents is 1. The van der Waals surface area contributed by atoms with Gasteiger partial charge in [0.1, 0.15) is 5.69 Å². The molecule has 1 amide bonds. The Morgan fingerprint density at radius 2 is 1.83 bits per heavy atom. The minimum atomic E-state index is -0.498. The topological polar surface area (TPSA) is 103 Å². The molecule has 2 aromatic carbocycles. The second-order valence-electron chi connectivity index (χ2n) is 7.06. The zero-order valence-electron chi connectivity index (χ0n) is 16.2. The van der Waals surface area contributed by atoms with Crippen LogP contribution in [0.1, 0.15) is 18.1 Å². The number of amides is 1. The summed E-state index contributed by atoms with van der Waals surface area (Å²) in [7, 11) is 0. The van der Waals surface area contributed by atoms with E-state index in [4.69, 9.17) is 5.26 Å². The molecule has 1 fully saturated rings. The van der Waals surface area contributed by atoms with Crippen molar-refractivity contribution in [1.82, 2.24) is 9.80 Å². The Morgan fingerprint density at radius 1 is 1.17 bits per heavy atom. The number of hydrogen-bond donors (Lipinski definition) is 1. The molecule has 0 spiro atoms. The molecule has 1 atom stereocenters. The van der Waals surface area contributed by atoms with E-state index in [1.54, 1.807) is 12.1 Å². The maximum Gasteiger partial charge on any atom is 0.292 e. The lowest BCUT2D eigenvalue weighted by atomic mass is 10.1. The molecule has 29 heavy (non-hydrogen) atoms. The summed E-state index contributed by atoms with van der Waals surface area (Å²) in [6.45, 7) is 5.74. The Morgan fingerprint density at radius 3 is 2.45 bits per heavy atom. The number of nitro groups is 1. The number of hydrogen-bond acceptors (Lipinski definition) is 6. The van der Waals surface area contributed by atoms with Crippen LogP contribution in [-0.2, 0) is 11.3 Å². The molecule has 2 aromatic rings. The Bertz CT molecular complexity index is 915. The monoisotopic (exact) mass is 393 g/mol. The second kappa shape index (κ2) is 9.28. The minimum absolute atomic E-state index is 0.111. The normalized spacial score (nSPS) is 16.0. The van der Waals surface area contributed by atoms with Crippen LogP contribution in [0.2, 0.25) is 0 Å². The van der Waals surface area contributed by atoms with Crippen molar-refractivity contribution in [1.29, 1.82) is 5.26 Å². The molecule has 0 aromatic heterocycles. The van der Waals surface area contributed by atoms with Crippen molar-refractivity contribution < 1.29 is 9.72 Å². The van der Waals surface area contributed by atoms with Gasteiger partial charge in [-0.05, 0) is 30.7 Å². The van der Waals surface area contributed by atoms with Gasteiger partial charge in [-0.1, -0.05) is 24.3 Å². The van der Waals surface area contributed by atoms with Crippen molar-refractivity contribution in [2.24, 2.45) is 0 Å². The number of carbonyl (C=O) groups is 1. The summed E-state index contributed by atoms with van der Waals surface area (Å²) < 4.78 is 0. The molecule has 1 aliphatic rings. The fourth-order valence-electron chi connectivity index (χ4n) is 3.39. The van der Waals surface area contributed by atoms with Crippen LogP contribution in [0, 0.1) is 21.4 Å². The first-order valence-electron chi connectivity index (χ1n) is 9.47. The Balaban J connectivity index is 1.53. The van der Waals surface area contributed by atoms with Crippen molar-refractivity contribution >= 4 is 17.3 Å². The molecular weight excluding hydrogens is 370 g/mol. The summed E-state index contributed by atoms with van der Waals surface area (Å²) in [4.78, 5) is 27.6. The second-order valence-corrected chi connectivity index (χ2v) is 7.06. The molecular formula is C21H23N5O3. The summed E-state index contributed by atoms with van der Waals surface area (Å²) in [5, 5.41) is 22.7. The lowest BCUT2D eigenvalue weighted by Crippen LogP contribution is -2.52. The summed E-state index contributed by atoms with van der Waals surface area (Å²) in [6.07, 6.45) is 0. The van der Waals surface area contributed by atoms with Gasteiger partial charge in [0.15, 0.2) is 0 Å². The number of benzene rings is 2. The van der Waals surface area contributed by atoms with Crippen molar-refractivity contribution in [3.63, 3.8) is 0 Å². The van der Waals surface area contributed by atoms with Crippen molar-refractivity contribution in [2.45, 2.75) is 19.5 Å².